The Bertz CT molecular complexity index is 560. The predicted octanol–water partition coefficient (Wildman–Crippen LogP) is 2.59. The van der Waals surface area contributed by atoms with Gasteiger partial charge in [0, 0.05) is 31.6 Å². The average molecular weight is 285 g/mol. The van der Waals surface area contributed by atoms with Crippen molar-refractivity contribution in [3.8, 4) is 0 Å². The first-order valence-electron chi connectivity index (χ1n) is 7.56. The predicted molar refractivity (Wildman–Crippen MR) is 83.0 cm³/mol. The number of nitrogens with one attached hydrogen (secondary N) is 1. The van der Waals surface area contributed by atoms with Crippen LogP contribution in [0.3, 0.4) is 0 Å². The molecule has 2 heterocycles. The second-order valence-corrected chi connectivity index (χ2v) is 6.19. The van der Waals surface area contributed by atoms with Crippen molar-refractivity contribution in [2.24, 2.45) is 0 Å². The van der Waals surface area contributed by atoms with Gasteiger partial charge in [0.15, 0.2) is 0 Å². The molecule has 1 aromatic carbocycles. The summed E-state index contributed by atoms with van der Waals surface area (Å²) in [7, 11) is 0. The highest BCUT2D eigenvalue weighted by Gasteiger charge is 2.35. The lowest BCUT2D eigenvalue weighted by Gasteiger charge is -2.26. The van der Waals surface area contributed by atoms with Crippen molar-refractivity contribution in [2.45, 2.75) is 45.0 Å². The number of rotatable bonds is 5. The zero-order valence-corrected chi connectivity index (χ0v) is 12.7. The SMILES string of the molecule is CC1(C)OCCC1NCc1ccc(Cn2cccn2)cc1. The first-order chi connectivity index (χ1) is 10.1. The van der Waals surface area contributed by atoms with Gasteiger partial charge in [0.25, 0.3) is 0 Å². The summed E-state index contributed by atoms with van der Waals surface area (Å²) < 4.78 is 7.68. The second-order valence-electron chi connectivity index (χ2n) is 6.19. The Hall–Kier alpha value is -1.65. The van der Waals surface area contributed by atoms with E-state index in [-0.39, 0.29) is 5.60 Å². The van der Waals surface area contributed by atoms with Crippen LogP contribution in [-0.4, -0.2) is 28.0 Å². The first kappa shape index (κ1) is 14.3. The minimum Gasteiger partial charge on any atom is -0.374 e. The third kappa shape index (κ3) is 3.52. The summed E-state index contributed by atoms with van der Waals surface area (Å²) in [5.74, 6) is 0. The highest BCUT2D eigenvalue weighted by Crippen LogP contribution is 2.25. The fraction of sp³-hybridized carbons (Fsp3) is 0.471. The van der Waals surface area contributed by atoms with Crippen LogP contribution in [0.5, 0.6) is 0 Å². The molecule has 0 aliphatic carbocycles. The summed E-state index contributed by atoms with van der Waals surface area (Å²) in [6.45, 7) is 6.88. The second kappa shape index (κ2) is 6.00. The van der Waals surface area contributed by atoms with Gasteiger partial charge in [0.2, 0.25) is 0 Å². The van der Waals surface area contributed by atoms with Crippen molar-refractivity contribution in [3.05, 3.63) is 53.9 Å². The van der Waals surface area contributed by atoms with Gasteiger partial charge in [0.1, 0.15) is 0 Å². The lowest BCUT2D eigenvalue weighted by molar-refractivity contribution is 0.0214. The third-order valence-electron chi connectivity index (χ3n) is 4.20. The largest absolute Gasteiger partial charge is 0.374 e. The maximum atomic E-state index is 5.75. The van der Waals surface area contributed by atoms with Crippen LogP contribution in [0.15, 0.2) is 42.7 Å². The van der Waals surface area contributed by atoms with Crippen molar-refractivity contribution in [1.82, 2.24) is 15.1 Å². The summed E-state index contributed by atoms with van der Waals surface area (Å²) in [5.41, 5.74) is 2.52. The summed E-state index contributed by atoms with van der Waals surface area (Å²) >= 11 is 0. The van der Waals surface area contributed by atoms with Crippen LogP contribution in [0.2, 0.25) is 0 Å². The van der Waals surface area contributed by atoms with Crippen molar-refractivity contribution in [3.63, 3.8) is 0 Å². The lowest BCUT2D eigenvalue weighted by Crippen LogP contribution is -2.42. The van der Waals surface area contributed by atoms with E-state index in [0.29, 0.717) is 6.04 Å². The van der Waals surface area contributed by atoms with Crippen molar-refractivity contribution in [2.75, 3.05) is 6.61 Å². The van der Waals surface area contributed by atoms with Crippen LogP contribution in [-0.2, 0) is 17.8 Å². The van der Waals surface area contributed by atoms with Gasteiger partial charge >= 0.3 is 0 Å². The number of hydrogen-bond donors (Lipinski definition) is 1. The van der Waals surface area contributed by atoms with Crippen LogP contribution in [0.1, 0.15) is 31.4 Å². The minimum atomic E-state index is -0.0555. The molecule has 0 saturated carbocycles. The molecule has 0 spiro atoms. The van der Waals surface area contributed by atoms with Gasteiger partial charge in [-0.05, 0) is 37.5 Å². The van der Waals surface area contributed by atoms with Gasteiger partial charge in [-0.1, -0.05) is 24.3 Å². The minimum absolute atomic E-state index is 0.0555. The van der Waals surface area contributed by atoms with Gasteiger partial charge in [-0.3, -0.25) is 4.68 Å². The molecule has 1 atom stereocenters. The number of nitrogens with zero attached hydrogens (tertiary/aromatic N) is 2. The van der Waals surface area contributed by atoms with E-state index >= 15 is 0 Å². The summed E-state index contributed by atoms with van der Waals surface area (Å²) in [6.07, 6.45) is 4.88. The first-order valence-corrected chi connectivity index (χ1v) is 7.56. The molecule has 1 aromatic heterocycles. The Morgan fingerprint density at radius 3 is 2.67 bits per heavy atom. The number of benzene rings is 1. The maximum absolute atomic E-state index is 5.75. The molecular weight excluding hydrogens is 262 g/mol. The Labute approximate surface area is 126 Å². The molecule has 1 saturated heterocycles. The molecule has 112 valence electrons. The van der Waals surface area contributed by atoms with E-state index in [0.717, 1.165) is 26.1 Å². The molecule has 1 aliphatic rings. The monoisotopic (exact) mass is 285 g/mol. The van der Waals surface area contributed by atoms with E-state index in [1.54, 1.807) is 0 Å². The lowest BCUT2D eigenvalue weighted by atomic mass is 9.99. The maximum Gasteiger partial charge on any atom is 0.0779 e. The van der Waals surface area contributed by atoms with Gasteiger partial charge in [-0.15, -0.1) is 0 Å². The van der Waals surface area contributed by atoms with Crippen molar-refractivity contribution in [1.29, 1.82) is 0 Å². The summed E-state index contributed by atoms with van der Waals surface area (Å²) in [5, 5.41) is 7.84. The van der Waals surface area contributed by atoms with E-state index < -0.39 is 0 Å². The van der Waals surface area contributed by atoms with Gasteiger partial charge in [-0.2, -0.15) is 5.10 Å². The number of aromatic nitrogens is 2. The fourth-order valence-electron chi connectivity index (χ4n) is 2.82. The van der Waals surface area contributed by atoms with E-state index in [1.165, 1.54) is 11.1 Å². The molecule has 1 fully saturated rings. The summed E-state index contributed by atoms with van der Waals surface area (Å²) in [6, 6.07) is 11.1. The Balaban J connectivity index is 1.55. The van der Waals surface area contributed by atoms with Crippen LogP contribution < -0.4 is 5.32 Å². The smallest absolute Gasteiger partial charge is 0.0779 e. The fourth-order valence-corrected chi connectivity index (χ4v) is 2.82. The van der Waals surface area contributed by atoms with Crippen LogP contribution >= 0.6 is 0 Å². The summed E-state index contributed by atoms with van der Waals surface area (Å²) in [4.78, 5) is 0. The molecule has 1 N–H and O–H groups in total. The van der Waals surface area contributed by atoms with Crippen molar-refractivity contribution < 1.29 is 4.74 Å². The van der Waals surface area contributed by atoms with Crippen molar-refractivity contribution >= 4 is 0 Å². The Morgan fingerprint density at radius 2 is 2.05 bits per heavy atom. The quantitative estimate of drug-likeness (QED) is 0.918. The molecule has 1 unspecified atom stereocenters. The number of hydrogen-bond acceptors (Lipinski definition) is 3. The normalized spacial score (nSPS) is 20.8. The highest BCUT2D eigenvalue weighted by atomic mass is 16.5. The van der Waals surface area contributed by atoms with Crippen LogP contribution in [0, 0.1) is 0 Å². The zero-order chi connectivity index (χ0) is 14.7. The molecule has 4 nitrogen and oxygen atoms in total. The van der Waals surface area contributed by atoms with E-state index in [4.69, 9.17) is 4.74 Å². The van der Waals surface area contributed by atoms with E-state index in [2.05, 4.69) is 48.5 Å². The van der Waals surface area contributed by atoms with Crippen LogP contribution in [0.25, 0.3) is 0 Å². The highest BCUT2D eigenvalue weighted by molar-refractivity contribution is 5.22. The number of ether oxygens (including phenoxy) is 1. The zero-order valence-electron chi connectivity index (χ0n) is 12.7. The van der Waals surface area contributed by atoms with E-state index in [9.17, 15) is 0 Å². The van der Waals surface area contributed by atoms with Gasteiger partial charge < -0.3 is 10.1 Å². The Kier molecular flexibility index (Phi) is 4.08. The Morgan fingerprint density at radius 1 is 1.29 bits per heavy atom. The topological polar surface area (TPSA) is 39.1 Å². The van der Waals surface area contributed by atoms with Crippen LogP contribution in [0.4, 0.5) is 0 Å². The molecule has 21 heavy (non-hydrogen) atoms. The molecule has 0 amide bonds. The van der Waals surface area contributed by atoms with Gasteiger partial charge in [0.05, 0.1) is 12.1 Å². The molecule has 0 bridgehead atoms. The van der Waals surface area contributed by atoms with Gasteiger partial charge in [-0.25, -0.2) is 0 Å². The molecule has 4 heteroatoms. The molecular formula is C17H23N3O. The molecule has 1 aliphatic heterocycles. The molecule has 0 radical (unpaired) electrons. The van der Waals surface area contributed by atoms with E-state index in [1.807, 2.05) is 23.1 Å². The average Bonchev–Trinajstić information content (AvgIpc) is 3.08. The standard InChI is InChI=1S/C17H23N3O/c1-17(2)16(8-11-21-17)18-12-14-4-6-15(7-5-14)13-20-10-3-9-19-20/h3-7,9-10,16,18H,8,11-13H2,1-2H3. The third-order valence-corrected chi connectivity index (χ3v) is 4.20. The molecule has 3 rings (SSSR count). The molecule has 2 aromatic rings.